The van der Waals surface area contributed by atoms with Gasteiger partial charge in [0.25, 0.3) is 5.56 Å². The number of rotatable bonds is 4. The molecular weight excluding hydrogens is 466 g/mol. The Hall–Kier alpha value is -4.07. The Labute approximate surface area is 203 Å². The van der Waals surface area contributed by atoms with Gasteiger partial charge in [0.05, 0.1) is 15.9 Å². The van der Waals surface area contributed by atoms with Crippen molar-refractivity contribution in [2.24, 2.45) is 0 Å². The summed E-state index contributed by atoms with van der Waals surface area (Å²) in [6.07, 6.45) is 3.80. The minimum Gasteiger partial charge on any atom is -0.266 e. The van der Waals surface area contributed by atoms with Crippen LogP contribution in [0.3, 0.4) is 0 Å². The van der Waals surface area contributed by atoms with Gasteiger partial charge in [0.15, 0.2) is 5.82 Å². The van der Waals surface area contributed by atoms with Crippen LogP contribution in [0.1, 0.15) is 5.56 Å². The first kappa shape index (κ1) is 20.5. The highest BCUT2D eigenvalue weighted by atomic mass is 35.5. The van der Waals surface area contributed by atoms with Gasteiger partial charge in [-0.05, 0) is 42.5 Å². The first-order valence-corrected chi connectivity index (χ1v) is 11.7. The van der Waals surface area contributed by atoms with Crippen LogP contribution in [0.15, 0.2) is 95.9 Å². The Morgan fingerprint density at radius 1 is 0.824 bits per heavy atom. The predicted octanol–water partition coefficient (Wildman–Crippen LogP) is 4.87. The van der Waals surface area contributed by atoms with Crippen LogP contribution < -0.4 is 10.1 Å². The van der Waals surface area contributed by atoms with E-state index in [9.17, 15) is 4.79 Å². The van der Waals surface area contributed by atoms with E-state index < -0.39 is 0 Å². The summed E-state index contributed by atoms with van der Waals surface area (Å²) in [4.78, 5) is 18.2. The molecule has 34 heavy (non-hydrogen) atoms. The van der Waals surface area contributed by atoms with Crippen molar-refractivity contribution < 1.29 is 0 Å². The Kier molecular flexibility index (Phi) is 5.05. The second-order valence-electron chi connectivity index (χ2n) is 7.63. The summed E-state index contributed by atoms with van der Waals surface area (Å²) < 4.78 is 3.72. The Bertz CT molecular complexity index is 1720. The number of thiazole rings is 1. The third-order valence-electron chi connectivity index (χ3n) is 5.38. The highest BCUT2D eigenvalue weighted by molar-refractivity contribution is 7.15. The molecule has 3 aromatic carbocycles. The van der Waals surface area contributed by atoms with E-state index in [0.29, 0.717) is 20.3 Å². The van der Waals surface area contributed by atoms with E-state index in [1.54, 1.807) is 12.1 Å². The minimum absolute atomic E-state index is 0.209. The van der Waals surface area contributed by atoms with Crippen LogP contribution >= 0.6 is 22.9 Å². The number of hydrogen-bond donors (Lipinski definition) is 0. The number of nitrogens with zero attached hydrogens (tertiary/aromatic N) is 5. The number of benzene rings is 3. The van der Waals surface area contributed by atoms with E-state index in [1.165, 1.54) is 15.9 Å². The van der Waals surface area contributed by atoms with Crippen molar-refractivity contribution in [1.82, 2.24) is 24.4 Å². The SMILES string of the molecule is O=c1c(=Cc2cn(-c3ccccc3)nc2-c2ccccc2)sc2nc(-c3ccc(Cl)cc3)nn12. The third-order valence-corrected chi connectivity index (χ3v) is 6.59. The molecule has 6 nitrogen and oxygen atoms in total. The zero-order valence-corrected chi connectivity index (χ0v) is 19.2. The van der Waals surface area contributed by atoms with Crippen LogP contribution in [0.25, 0.3) is 39.4 Å². The maximum atomic E-state index is 13.1. The van der Waals surface area contributed by atoms with Gasteiger partial charge in [0.2, 0.25) is 4.96 Å². The highest BCUT2D eigenvalue weighted by Gasteiger charge is 2.15. The van der Waals surface area contributed by atoms with Gasteiger partial charge in [-0.1, -0.05) is 71.5 Å². The summed E-state index contributed by atoms with van der Waals surface area (Å²) in [6, 6.07) is 27.0. The van der Waals surface area contributed by atoms with E-state index in [-0.39, 0.29) is 5.56 Å². The maximum Gasteiger partial charge on any atom is 0.291 e. The zero-order valence-electron chi connectivity index (χ0n) is 17.7. The van der Waals surface area contributed by atoms with E-state index >= 15 is 0 Å². The molecule has 0 saturated carbocycles. The Morgan fingerprint density at radius 2 is 1.53 bits per heavy atom. The van der Waals surface area contributed by atoms with E-state index in [1.807, 2.05) is 89.8 Å². The fraction of sp³-hybridized carbons (Fsp3) is 0. The normalized spacial score (nSPS) is 12.0. The maximum absolute atomic E-state index is 13.1. The third kappa shape index (κ3) is 3.71. The van der Waals surface area contributed by atoms with Crippen molar-refractivity contribution in [3.05, 3.63) is 117 Å². The second kappa shape index (κ2) is 8.37. The standard InChI is InChI=1S/C26H16ClN5OS/c27-20-13-11-18(12-14-20)24-28-26-32(30-24)25(33)22(34-26)15-19-16-31(21-9-5-2-6-10-21)29-23(19)17-7-3-1-4-8-17/h1-16H. The molecule has 0 amide bonds. The van der Waals surface area contributed by atoms with Crippen molar-refractivity contribution in [3.63, 3.8) is 0 Å². The molecule has 0 N–H and O–H groups in total. The fourth-order valence-corrected chi connectivity index (χ4v) is 4.75. The zero-order chi connectivity index (χ0) is 23.1. The van der Waals surface area contributed by atoms with Gasteiger partial charge in [0.1, 0.15) is 0 Å². The molecule has 0 aliphatic carbocycles. The summed E-state index contributed by atoms with van der Waals surface area (Å²) in [5, 5.41) is 9.88. The number of aromatic nitrogens is 5. The lowest BCUT2D eigenvalue weighted by Gasteiger charge is -2.00. The van der Waals surface area contributed by atoms with Gasteiger partial charge in [0, 0.05) is 27.9 Å². The fourth-order valence-electron chi connectivity index (χ4n) is 3.72. The van der Waals surface area contributed by atoms with Gasteiger partial charge in [-0.15, -0.1) is 5.10 Å². The van der Waals surface area contributed by atoms with Gasteiger partial charge < -0.3 is 0 Å². The lowest BCUT2D eigenvalue weighted by Crippen LogP contribution is -2.23. The van der Waals surface area contributed by atoms with Crippen LogP contribution in [0.4, 0.5) is 0 Å². The monoisotopic (exact) mass is 481 g/mol. The lowest BCUT2D eigenvalue weighted by atomic mass is 10.1. The molecule has 0 aliphatic heterocycles. The van der Waals surface area contributed by atoms with Gasteiger partial charge >= 0.3 is 0 Å². The van der Waals surface area contributed by atoms with Crippen molar-refractivity contribution in [2.45, 2.75) is 0 Å². The molecule has 164 valence electrons. The summed E-state index contributed by atoms with van der Waals surface area (Å²) in [5.74, 6) is 0.494. The van der Waals surface area contributed by atoms with Gasteiger partial charge in [-0.3, -0.25) is 4.79 Å². The molecule has 0 radical (unpaired) electrons. The molecule has 8 heteroatoms. The van der Waals surface area contributed by atoms with Gasteiger partial charge in [-0.25, -0.2) is 4.68 Å². The second-order valence-corrected chi connectivity index (χ2v) is 9.08. The topological polar surface area (TPSA) is 65.1 Å². The smallest absolute Gasteiger partial charge is 0.266 e. The van der Waals surface area contributed by atoms with Crippen molar-refractivity contribution in [2.75, 3.05) is 0 Å². The summed E-state index contributed by atoms with van der Waals surface area (Å²) in [6.45, 7) is 0. The lowest BCUT2D eigenvalue weighted by molar-refractivity contribution is 0.884. The van der Waals surface area contributed by atoms with Crippen molar-refractivity contribution in [3.8, 4) is 28.3 Å². The molecular formula is C26H16ClN5OS. The van der Waals surface area contributed by atoms with E-state index in [2.05, 4.69) is 10.1 Å². The van der Waals surface area contributed by atoms with Crippen LogP contribution in [0.5, 0.6) is 0 Å². The largest absolute Gasteiger partial charge is 0.291 e. The Morgan fingerprint density at radius 3 is 2.24 bits per heavy atom. The first-order valence-electron chi connectivity index (χ1n) is 10.5. The van der Waals surface area contributed by atoms with Crippen molar-refractivity contribution >= 4 is 34.0 Å². The minimum atomic E-state index is -0.209. The molecule has 0 bridgehead atoms. The number of para-hydroxylation sites is 1. The average molecular weight is 482 g/mol. The number of fused-ring (bicyclic) bond motifs is 1. The molecule has 3 heterocycles. The molecule has 0 spiro atoms. The molecule has 0 unspecified atom stereocenters. The van der Waals surface area contributed by atoms with Crippen LogP contribution in [0.2, 0.25) is 5.02 Å². The number of halogens is 1. The summed E-state index contributed by atoms with van der Waals surface area (Å²) in [5.41, 5.74) is 4.15. The summed E-state index contributed by atoms with van der Waals surface area (Å²) in [7, 11) is 0. The molecule has 0 fully saturated rings. The number of hydrogen-bond acceptors (Lipinski definition) is 5. The Balaban J connectivity index is 1.48. The molecule has 0 atom stereocenters. The predicted molar refractivity (Wildman–Crippen MR) is 135 cm³/mol. The highest BCUT2D eigenvalue weighted by Crippen LogP contribution is 2.24. The molecule has 3 aromatic heterocycles. The molecule has 0 saturated heterocycles. The van der Waals surface area contributed by atoms with Crippen LogP contribution in [-0.4, -0.2) is 24.4 Å². The quantitative estimate of drug-likeness (QED) is 0.360. The van der Waals surface area contributed by atoms with Gasteiger partial charge in [-0.2, -0.15) is 14.6 Å². The van der Waals surface area contributed by atoms with E-state index in [0.717, 1.165) is 28.1 Å². The van der Waals surface area contributed by atoms with Crippen LogP contribution in [0, 0.1) is 0 Å². The average Bonchev–Trinajstić information content (AvgIpc) is 3.56. The first-order chi connectivity index (χ1) is 16.7. The molecule has 6 rings (SSSR count). The molecule has 0 aliphatic rings. The van der Waals surface area contributed by atoms with E-state index in [4.69, 9.17) is 16.7 Å². The van der Waals surface area contributed by atoms with Crippen LogP contribution in [-0.2, 0) is 0 Å². The van der Waals surface area contributed by atoms with Crippen molar-refractivity contribution in [1.29, 1.82) is 0 Å². The molecule has 6 aromatic rings. The summed E-state index contributed by atoms with van der Waals surface area (Å²) >= 11 is 7.28.